The van der Waals surface area contributed by atoms with Crippen LogP contribution in [-0.2, 0) is 0 Å². The molecule has 1 atom stereocenters. The van der Waals surface area contributed by atoms with Crippen molar-refractivity contribution in [3.63, 3.8) is 0 Å². The normalized spacial score (nSPS) is 13.7. The van der Waals surface area contributed by atoms with Crippen molar-refractivity contribution in [2.24, 2.45) is 11.7 Å². The molecule has 2 N–H and O–H groups in total. The molecule has 0 aromatic carbocycles. The summed E-state index contributed by atoms with van der Waals surface area (Å²) in [6.07, 6.45) is 6.15. The van der Waals surface area contributed by atoms with Gasteiger partial charge in [-0.3, -0.25) is 0 Å². The van der Waals surface area contributed by atoms with E-state index in [1.807, 2.05) is 0 Å². The second kappa shape index (κ2) is 10.1. The van der Waals surface area contributed by atoms with Gasteiger partial charge in [0.1, 0.15) is 0 Å². The maximum Gasteiger partial charge on any atom is 0.00366 e. The van der Waals surface area contributed by atoms with Crippen LogP contribution in [0.4, 0.5) is 0 Å². The van der Waals surface area contributed by atoms with Crippen LogP contribution >= 0.6 is 0 Å². The van der Waals surface area contributed by atoms with Crippen molar-refractivity contribution in [1.29, 1.82) is 0 Å². The summed E-state index contributed by atoms with van der Waals surface area (Å²) in [4.78, 5) is 2.58. The molecule has 0 amide bonds. The molecule has 0 saturated carbocycles. The summed E-state index contributed by atoms with van der Waals surface area (Å²) in [7, 11) is 0. The van der Waals surface area contributed by atoms with E-state index in [2.05, 4.69) is 32.6 Å². The zero-order valence-electron chi connectivity index (χ0n) is 11.8. The van der Waals surface area contributed by atoms with Crippen LogP contribution in [0.5, 0.6) is 0 Å². The Bertz CT molecular complexity index is 144. The SMILES string of the molecule is CCC(N)CCCN(CC)CC(CC)CC. The highest BCUT2D eigenvalue weighted by Crippen LogP contribution is 2.10. The Hall–Kier alpha value is -0.0800. The smallest absolute Gasteiger partial charge is 0.00366 e. The summed E-state index contributed by atoms with van der Waals surface area (Å²) < 4.78 is 0. The minimum Gasteiger partial charge on any atom is -0.328 e. The quantitative estimate of drug-likeness (QED) is 0.622. The lowest BCUT2D eigenvalue weighted by molar-refractivity contribution is 0.228. The molecule has 0 aliphatic carbocycles. The Labute approximate surface area is 103 Å². The van der Waals surface area contributed by atoms with Crippen LogP contribution in [0.25, 0.3) is 0 Å². The standard InChI is InChI=1S/C14H32N2/c1-5-13(6-2)12-16(8-4)11-9-10-14(15)7-3/h13-14H,5-12,15H2,1-4H3. The van der Waals surface area contributed by atoms with Crippen molar-refractivity contribution >= 4 is 0 Å². The van der Waals surface area contributed by atoms with Gasteiger partial charge in [-0.15, -0.1) is 0 Å². The summed E-state index contributed by atoms with van der Waals surface area (Å²) >= 11 is 0. The third kappa shape index (κ3) is 7.24. The molecule has 0 fully saturated rings. The van der Waals surface area contributed by atoms with Gasteiger partial charge < -0.3 is 10.6 Å². The fourth-order valence-electron chi connectivity index (χ4n) is 2.07. The fourth-order valence-corrected chi connectivity index (χ4v) is 2.07. The molecule has 0 aliphatic rings. The third-order valence-electron chi connectivity index (χ3n) is 3.69. The molecule has 0 spiro atoms. The highest BCUT2D eigenvalue weighted by Gasteiger charge is 2.09. The average molecular weight is 228 g/mol. The predicted octanol–water partition coefficient (Wildman–Crippen LogP) is 3.26. The van der Waals surface area contributed by atoms with Gasteiger partial charge in [0.05, 0.1) is 0 Å². The first-order valence-corrected chi connectivity index (χ1v) is 7.15. The van der Waals surface area contributed by atoms with E-state index in [0.29, 0.717) is 6.04 Å². The van der Waals surface area contributed by atoms with Crippen molar-refractivity contribution < 1.29 is 0 Å². The first kappa shape index (κ1) is 15.9. The highest BCUT2D eigenvalue weighted by molar-refractivity contribution is 4.65. The molecule has 0 saturated heterocycles. The molecule has 0 bridgehead atoms. The number of nitrogens with two attached hydrogens (primary N) is 1. The molecule has 2 heteroatoms. The van der Waals surface area contributed by atoms with Crippen LogP contribution in [-0.4, -0.2) is 30.6 Å². The second-order valence-electron chi connectivity index (χ2n) is 4.89. The summed E-state index contributed by atoms with van der Waals surface area (Å²) in [5.41, 5.74) is 5.94. The zero-order chi connectivity index (χ0) is 12.4. The third-order valence-corrected chi connectivity index (χ3v) is 3.69. The van der Waals surface area contributed by atoms with E-state index in [4.69, 9.17) is 5.73 Å². The topological polar surface area (TPSA) is 29.3 Å². The van der Waals surface area contributed by atoms with E-state index >= 15 is 0 Å². The van der Waals surface area contributed by atoms with Gasteiger partial charge >= 0.3 is 0 Å². The summed E-state index contributed by atoms with van der Waals surface area (Å²) in [6, 6.07) is 0.409. The van der Waals surface area contributed by atoms with Crippen LogP contribution in [0.15, 0.2) is 0 Å². The Balaban J connectivity index is 3.73. The molecule has 0 aromatic rings. The maximum absolute atomic E-state index is 5.94. The maximum atomic E-state index is 5.94. The van der Waals surface area contributed by atoms with Gasteiger partial charge in [0.2, 0.25) is 0 Å². The van der Waals surface area contributed by atoms with Gasteiger partial charge in [-0.25, -0.2) is 0 Å². The number of hydrogen-bond acceptors (Lipinski definition) is 2. The van der Waals surface area contributed by atoms with E-state index in [1.165, 1.54) is 45.3 Å². The van der Waals surface area contributed by atoms with Gasteiger partial charge in [0, 0.05) is 12.6 Å². The minimum atomic E-state index is 0.409. The fraction of sp³-hybridized carbons (Fsp3) is 1.00. The largest absolute Gasteiger partial charge is 0.328 e. The lowest BCUT2D eigenvalue weighted by atomic mass is 10.0. The van der Waals surface area contributed by atoms with Crippen molar-refractivity contribution in [2.75, 3.05) is 19.6 Å². The molecule has 2 nitrogen and oxygen atoms in total. The molecule has 0 heterocycles. The summed E-state index contributed by atoms with van der Waals surface area (Å²) in [5, 5.41) is 0. The minimum absolute atomic E-state index is 0.409. The molecule has 1 unspecified atom stereocenters. The molecule has 0 aliphatic heterocycles. The van der Waals surface area contributed by atoms with Crippen molar-refractivity contribution in [1.82, 2.24) is 4.90 Å². The lowest BCUT2D eigenvalue weighted by Crippen LogP contribution is -2.31. The van der Waals surface area contributed by atoms with Crippen LogP contribution in [0.1, 0.15) is 59.8 Å². The molecule has 98 valence electrons. The van der Waals surface area contributed by atoms with Gasteiger partial charge in [-0.1, -0.05) is 40.5 Å². The van der Waals surface area contributed by atoms with Crippen LogP contribution in [0, 0.1) is 5.92 Å². The monoisotopic (exact) mass is 228 g/mol. The lowest BCUT2D eigenvalue weighted by Gasteiger charge is -2.25. The van der Waals surface area contributed by atoms with E-state index < -0.39 is 0 Å². The van der Waals surface area contributed by atoms with Gasteiger partial charge in [-0.05, 0) is 38.3 Å². The van der Waals surface area contributed by atoms with Gasteiger partial charge in [0.25, 0.3) is 0 Å². The molecule has 0 radical (unpaired) electrons. The molecular weight excluding hydrogens is 196 g/mol. The Morgan fingerprint density at radius 1 is 1.00 bits per heavy atom. The number of hydrogen-bond donors (Lipinski definition) is 1. The van der Waals surface area contributed by atoms with Crippen LogP contribution in [0.2, 0.25) is 0 Å². The first-order chi connectivity index (χ1) is 7.67. The van der Waals surface area contributed by atoms with E-state index in [-0.39, 0.29) is 0 Å². The molecule has 0 rings (SSSR count). The van der Waals surface area contributed by atoms with Gasteiger partial charge in [-0.2, -0.15) is 0 Å². The molecular formula is C14H32N2. The molecule has 0 aromatic heterocycles. The predicted molar refractivity (Wildman–Crippen MR) is 73.7 cm³/mol. The Morgan fingerprint density at radius 3 is 2.06 bits per heavy atom. The number of rotatable bonds is 10. The highest BCUT2D eigenvalue weighted by atomic mass is 15.1. The van der Waals surface area contributed by atoms with Crippen molar-refractivity contribution in [2.45, 2.75) is 65.8 Å². The second-order valence-corrected chi connectivity index (χ2v) is 4.89. The van der Waals surface area contributed by atoms with E-state index in [1.54, 1.807) is 0 Å². The summed E-state index contributed by atoms with van der Waals surface area (Å²) in [5.74, 6) is 0.875. The first-order valence-electron chi connectivity index (χ1n) is 7.15. The Morgan fingerprint density at radius 2 is 1.62 bits per heavy atom. The zero-order valence-corrected chi connectivity index (χ0v) is 11.8. The Kier molecular flexibility index (Phi) is 10.0. The van der Waals surface area contributed by atoms with Crippen molar-refractivity contribution in [3.05, 3.63) is 0 Å². The summed E-state index contributed by atoms with van der Waals surface area (Å²) in [6.45, 7) is 12.7. The van der Waals surface area contributed by atoms with E-state index in [9.17, 15) is 0 Å². The number of nitrogens with zero attached hydrogens (tertiary/aromatic N) is 1. The molecule has 16 heavy (non-hydrogen) atoms. The van der Waals surface area contributed by atoms with E-state index in [0.717, 1.165) is 12.3 Å². The average Bonchev–Trinajstić information content (AvgIpc) is 2.33. The van der Waals surface area contributed by atoms with Crippen LogP contribution in [0.3, 0.4) is 0 Å². The van der Waals surface area contributed by atoms with Gasteiger partial charge in [0.15, 0.2) is 0 Å². The van der Waals surface area contributed by atoms with Crippen LogP contribution < -0.4 is 5.73 Å². The van der Waals surface area contributed by atoms with Crippen molar-refractivity contribution in [3.8, 4) is 0 Å².